The Morgan fingerprint density at radius 3 is 2.41 bits per heavy atom. The molecule has 0 radical (unpaired) electrons. The molecule has 22 heavy (non-hydrogen) atoms. The molecule has 1 heterocycles. The number of nitrogens with zero attached hydrogens (tertiary/aromatic N) is 2. The molecule has 5 nitrogen and oxygen atoms in total. The maximum atomic E-state index is 11.8. The number of hydrogen-bond donors (Lipinski definition) is 1. The Labute approximate surface area is 130 Å². The van der Waals surface area contributed by atoms with E-state index < -0.39 is 9.84 Å². The van der Waals surface area contributed by atoms with Gasteiger partial charge in [0, 0.05) is 17.7 Å². The van der Waals surface area contributed by atoms with Crippen LogP contribution in [0.15, 0.2) is 29.4 Å². The second-order valence-corrected chi connectivity index (χ2v) is 8.53. The number of aromatic nitrogens is 2. The standard InChI is InChI=1S/C16H19N3O2S/c1-22(20,21)12-6-7-14-13(8-12)16(18-9-17-14)19-15(10-2-3-10)11-4-5-11/h6-11,15H,2-5H2,1H3,(H,17,18,19). The normalized spacial score (nSPS) is 18.8. The van der Waals surface area contributed by atoms with Crippen molar-refractivity contribution in [1.29, 1.82) is 0 Å². The summed E-state index contributed by atoms with van der Waals surface area (Å²) in [5, 5.41) is 4.37. The summed E-state index contributed by atoms with van der Waals surface area (Å²) in [6, 6.07) is 5.51. The molecule has 6 heteroatoms. The van der Waals surface area contributed by atoms with E-state index in [4.69, 9.17) is 0 Å². The number of nitrogens with one attached hydrogen (secondary N) is 1. The molecule has 2 aliphatic carbocycles. The van der Waals surface area contributed by atoms with Crippen molar-refractivity contribution in [2.24, 2.45) is 11.8 Å². The summed E-state index contributed by atoms with van der Waals surface area (Å²) in [6.07, 6.45) is 7.90. The minimum Gasteiger partial charge on any atom is -0.366 e. The fourth-order valence-corrected chi connectivity index (χ4v) is 3.72. The summed E-state index contributed by atoms with van der Waals surface area (Å²) in [5.74, 6) is 2.26. The summed E-state index contributed by atoms with van der Waals surface area (Å²) in [5.41, 5.74) is 0.773. The van der Waals surface area contributed by atoms with Crippen LogP contribution in [-0.2, 0) is 9.84 Å². The first-order chi connectivity index (χ1) is 10.5. The second kappa shape index (κ2) is 4.91. The van der Waals surface area contributed by atoms with E-state index in [1.165, 1.54) is 31.9 Å². The molecule has 0 bridgehead atoms. The number of benzene rings is 1. The third-order valence-electron chi connectivity index (χ3n) is 4.60. The first-order valence-electron chi connectivity index (χ1n) is 7.74. The molecule has 1 N–H and O–H groups in total. The van der Waals surface area contributed by atoms with Crippen LogP contribution in [0.5, 0.6) is 0 Å². The van der Waals surface area contributed by atoms with Crippen LogP contribution in [0.25, 0.3) is 10.9 Å². The molecule has 2 fully saturated rings. The molecule has 2 aromatic rings. The van der Waals surface area contributed by atoms with Crippen LogP contribution in [-0.4, -0.2) is 30.7 Å². The first kappa shape index (κ1) is 13.9. The fourth-order valence-electron chi connectivity index (χ4n) is 3.07. The highest BCUT2D eigenvalue weighted by atomic mass is 32.2. The van der Waals surface area contributed by atoms with Crippen LogP contribution in [0.4, 0.5) is 5.82 Å². The Kier molecular flexibility index (Phi) is 3.11. The summed E-state index contributed by atoms with van der Waals surface area (Å²) in [6.45, 7) is 0. The van der Waals surface area contributed by atoms with E-state index >= 15 is 0 Å². The lowest BCUT2D eigenvalue weighted by molar-refractivity contribution is 0.566. The van der Waals surface area contributed by atoms with E-state index in [1.807, 2.05) is 0 Å². The number of fused-ring (bicyclic) bond motifs is 1. The van der Waals surface area contributed by atoms with E-state index in [1.54, 1.807) is 24.5 Å². The Morgan fingerprint density at radius 1 is 1.14 bits per heavy atom. The Morgan fingerprint density at radius 2 is 1.82 bits per heavy atom. The van der Waals surface area contributed by atoms with Gasteiger partial charge in [-0.25, -0.2) is 18.4 Å². The number of rotatable bonds is 5. The van der Waals surface area contributed by atoms with Gasteiger partial charge in [-0.3, -0.25) is 0 Å². The number of anilines is 1. The summed E-state index contributed by atoms with van der Waals surface area (Å²) in [7, 11) is -3.23. The predicted molar refractivity (Wildman–Crippen MR) is 85.5 cm³/mol. The lowest BCUT2D eigenvalue weighted by Crippen LogP contribution is -2.25. The molecule has 0 unspecified atom stereocenters. The third-order valence-corrected chi connectivity index (χ3v) is 5.71. The van der Waals surface area contributed by atoms with Gasteiger partial charge in [-0.05, 0) is 55.7 Å². The Bertz CT molecular complexity index is 814. The number of sulfone groups is 1. The maximum absolute atomic E-state index is 11.8. The predicted octanol–water partition coefficient (Wildman–Crippen LogP) is 2.63. The zero-order valence-electron chi connectivity index (χ0n) is 12.5. The average Bonchev–Trinajstić information content (AvgIpc) is 3.37. The molecule has 0 amide bonds. The van der Waals surface area contributed by atoms with Crippen molar-refractivity contribution in [1.82, 2.24) is 9.97 Å². The Balaban J connectivity index is 1.75. The number of hydrogen-bond acceptors (Lipinski definition) is 5. The van der Waals surface area contributed by atoms with Crippen molar-refractivity contribution in [3.63, 3.8) is 0 Å². The summed E-state index contributed by atoms with van der Waals surface area (Å²) >= 11 is 0. The quantitative estimate of drug-likeness (QED) is 0.918. The largest absolute Gasteiger partial charge is 0.366 e. The lowest BCUT2D eigenvalue weighted by Gasteiger charge is -2.19. The van der Waals surface area contributed by atoms with Crippen molar-refractivity contribution in [2.75, 3.05) is 11.6 Å². The molecule has 2 aliphatic rings. The van der Waals surface area contributed by atoms with E-state index in [0.29, 0.717) is 10.9 Å². The minimum absolute atomic E-state index is 0.312. The molecular formula is C16H19N3O2S. The minimum atomic E-state index is -3.23. The van der Waals surface area contributed by atoms with Gasteiger partial charge in [0.2, 0.25) is 0 Å². The van der Waals surface area contributed by atoms with Gasteiger partial charge in [-0.1, -0.05) is 0 Å². The van der Waals surface area contributed by atoms with Gasteiger partial charge < -0.3 is 5.32 Å². The molecule has 0 saturated heterocycles. The van der Waals surface area contributed by atoms with Gasteiger partial charge in [0.25, 0.3) is 0 Å². The highest BCUT2D eigenvalue weighted by Crippen LogP contribution is 2.46. The van der Waals surface area contributed by atoms with Gasteiger partial charge in [0.05, 0.1) is 10.4 Å². The fraction of sp³-hybridized carbons (Fsp3) is 0.500. The lowest BCUT2D eigenvalue weighted by atomic mass is 10.1. The first-order valence-corrected chi connectivity index (χ1v) is 9.63. The topological polar surface area (TPSA) is 72.0 Å². The second-order valence-electron chi connectivity index (χ2n) is 6.52. The molecule has 1 aromatic carbocycles. The summed E-state index contributed by atoms with van der Waals surface area (Å²) in [4.78, 5) is 8.93. The van der Waals surface area contributed by atoms with E-state index in [0.717, 1.165) is 28.6 Å². The Hall–Kier alpha value is -1.69. The zero-order valence-corrected chi connectivity index (χ0v) is 13.3. The van der Waals surface area contributed by atoms with E-state index in [-0.39, 0.29) is 0 Å². The van der Waals surface area contributed by atoms with E-state index in [9.17, 15) is 8.42 Å². The molecule has 4 rings (SSSR count). The van der Waals surface area contributed by atoms with Crippen molar-refractivity contribution in [2.45, 2.75) is 36.6 Å². The van der Waals surface area contributed by atoms with Crippen molar-refractivity contribution in [3.05, 3.63) is 24.5 Å². The summed E-state index contributed by atoms with van der Waals surface area (Å²) < 4.78 is 23.6. The SMILES string of the molecule is CS(=O)(=O)c1ccc2ncnc(NC(C3CC3)C3CC3)c2c1. The zero-order chi connectivity index (χ0) is 15.3. The average molecular weight is 317 g/mol. The third kappa shape index (κ3) is 2.67. The molecule has 0 spiro atoms. The van der Waals surface area contributed by atoms with Crippen molar-refractivity contribution < 1.29 is 8.42 Å². The van der Waals surface area contributed by atoms with Crippen LogP contribution in [0.2, 0.25) is 0 Å². The van der Waals surface area contributed by atoms with Gasteiger partial charge in [-0.2, -0.15) is 0 Å². The van der Waals surface area contributed by atoms with E-state index in [2.05, 4.69) is 15.3 Å². The van der Waals surface area contributed by atoms with Crippen LogP contribution >= 0.6 is 0 Å². The molecule has 116 valence electrons. The van der Waals surface area contributed by atoms with Gasteiger partial charge in [-0.15, -0.1) is 0 Å². The van der Waals surface area contributed by atoms with Gasteiger partial charge in [0.15, 0.2) is 9.84 Å². The van der Waals surface area contributed by atoms with Gasteiger partial charge >= 0.3 is 0 Å². The highest BCUT2D eigenvalue weighted by Gasteiger charge is 2.41. The van der Waals surface area contributed by atoms with Crippen LogP contribution in [0, 0.1) is 11.8 Å². The smallest absolute Gasteiger partial charge is 0.175 e. The van der Waals surface area contributed by atoms with Crippen LogP contribution < -0.4 is 5.32 Å². The molecule has 0 atom stereocenters. The molecule has 1 aromatic heterocycles. The highest BCUT2D eigenvalue weighted by molar-refractivity contribution is 7.90. The maximum Gasteiger partial charge on any atom is 0.175 e. The van der Waals surface area contributed by atoms with Crippen molar-refractivity contribution >= 4 is 26.6 Å². The molecular weight excluding hydrogens is 298 g/mol. The van der Waals surface area contributed by atoms with Crippen molar-refractivity contribution in [3.8, 4) is 0 Å². The van der Waals surface area contributed by atoms with Crippen LogP contribution in [0.1, 0.15) is 25.7 Å². The van der Waals surface area contributed by atoms with Gasteiger partial charge in [0.1, 0.15) is 12.1 Å². The molecule has 0 aliphatic heterocycles. The molecule has 2 saturated carbocycles. The van der Waals surface area contributed by atoms with Crippen LogP contribution in [0.3, 0.4) is 0 Å². The monoisotopic (exact) mass is 317 g/mol.